The second kappa shape index (κ2) is 4.75. The van der Waals surface area contributed by atoms with Crippen molar-refractivity contribution in [3.63, 3.8) is 0 Å². The van der Waals surface area contributed by atoms with Gasteiger partial charge in [0.2, 0.25) is 0 Å². The molecular weight excluding hydrogens is 284 g/mol. The Balaban J connectivity index is 1.78. The molecule has 2 aromatic rings. The van der Waals surface area contributed by atoms with Gasteiger partial charge in [0.05, 0.1) is 12.7 Å². The summed E-state index contributed by atoms with van der Waals surface area (Å²) in [7, 11) is 0. The van der Waals surface area contributed by atoms with Crippen molar-refractivity contribution in [2.75, 3.05) is 6.61 Å². The van der Waals surface area contributed by atoms with Crippen LogP contribution in [0.25, 0.3) is 0 Å². The van der Waals surface area contributed by atoms with E-state index in [1.165, 1.54) is 5.56 Å². The maximum Gasteiger partial charge on any atom is 0.128 e. The van der Waals surface area contributed by atoms with Crippen LogP contribution in [0.15, 0.2) is 42.5 Å². The zero-order valence-electron chi connectivity index (χ0n) is 11.7. The standard InChI is InChI=1S/C18H17ClO2/c19-14-10-12-6-9-21-16(12)15(11-14)17(20)18(7-8-18)13-4-2-1-3-5-13/h1-5,10-11,17,20H,6-9H2. The first-order valence-electron chi connectivity index (χ1n) is 7.39. The summed E-state index contributed by atoms with van der Waals surface area (Å²) >= 11 is 6.22. The molecule has 0 spiro atoms. The molecule has 1 fully saturated rings. The molecule has 2 nitrogen and oxygen atoms in total. The first-order chi connectivity index (χ1) is 10.2. The van der Waals surface area contributed by atoms with E-state index in [1.54, 1.807) is 0 Å². The normalized spacial score (nSPS) is 19.7. The summed E-state index contributed by atoms with van der Waals surface area (Å²) < 4.78 is 5.75. The Morgan fingerprint density at radius 3 is 2.62 bits per heavy atom. The van der Waals surface area contributed by atoms with Crippen LogP contribution in [-0.4, -0.2) is 11.7 Å². The molecule has 0 aromatic heterocycles. The van der Waals surface area contributed by atoms with Gasteiger partial charge in [0.1, 0.15) is 5.75 Å². The predicted molar refractivity (Wildman–Crippen MR) is 83.0 cm³/mol. The summed E-state index contributed by atoms with van der Waals surface area (Å²) in [6.45, 7) is 0.674. The lowest BCUT2D eigenvalue weighted by Crippen LogP contribution is -2.19. The van der Waals surface area contributed by atoms with E-state index in [2.05, 4.69) is 12.1 Å². The third-order valence-electron chi connectivity index (χ3n) is 4.73. The fraction of sp³-hybridized carbons (Fsp3) is 0.333. The van der Waals surface area contributed by atoms with Crippen molar-refractivity contribution in [1.82, 2.24) is 0 Å². The van der Waals surface area contributed by atoms with Gasteiger partial charge in [-0.1, -0.05) is 41.9 Å². The molecule has 1 atom stereocenters. The number of hydrogen-bond donors (Lipinski definition) is 1. The van der Waals surface area contributed by atoms with E-state index in [-0.39, 0.29) is 5.41 Å². The third kappa shape index (κ3) is 2.05. The van der Waals surface area contributed by atoms with E-state index in [1.807, 2.05) is 30.3 Å². The van der Waals surface area contributed by atoms with Gasteiger partial charge in [-0.05, 0) is 36.1 Å². The highest BCUT2D eigenvalue weighted by Crippen LogP contribution is 2.58. The lowest BCUT2D eigenvalue weighted by Gasteiger charge is -2.25. The number of rotatable bonds is 3. The van der Waals surface area contributed by atoms with E-state index in [0.29, 0.717) is 11.6 Å². The number of benzene rings is 2. The Labute approximate surface area is 129 Å². The van der Waals surface area contributed by atoms with Crippen LogP contribution >= 0.6 is 11.6 Å². The molecule has 21 heavy (non-hydrogen) atoms. The molecule has 1 aliphatic heterocycles. The molecule has 1 saturated carbocycles. The molecular formula is C18H17ClO2. The minimum Gasteiger partial charge on any atom is -0.493 e. The summed E-state index contributed by atoms with van der Waals surface area (Å²) in [4.78, 5) is 0. The summed E-state index contributed by atoms with van der Waals surface area (Å²) in [6, 6.07) is 14.1. The second-order valence-corrected chi connectivity index (χ2v) is 6.44. The lowest BCUT2D eigenvalue weighted by atomic mass is 9.85. The van der Waals surface area contributed by atoms with Crippen LogP contribution in [0.1, 0.15) is 35.6 Å². The maximum absolute atomic E-state index is 11.0. The van der Waals surface area contributed by atoms with Gasteiger partial charge in [-0.25, -0.2) is 0 Å². The average Bonchev–Trinajstić information content (AvgIpc) is 3.19. The highest BCUT2D eigenvalue weighted by Gasteiger charge is 2.51. The molecule has 1 unspecified atom stereocenters. The van der Waals surface area contributed by atoms with Crippen LogP contribution in [0.4, 0.5) is 0 Å². The molecule has 2 aliphatic rings. The van der Waals surface area contributed by atoms with Crippen molar-refractivity contribution in [3.05, 3.63) is 64.2 Å². The molecule has 108 valence electrons. The topological polar surface area (TPSA) is 29.5 Å². The summed E-state index contributed by atoms with van der Waals surface area (Å²) in [5.74, 6) is 0.842. The van der Waals surface area contributed by atoms with Crippen molar-refractivity contribution in [2.24, 2.45) is 0 Å². The first kappa shape index (κ1) is 13.2. The summed E-state index contributed by atoms with van der Waals surface area (Å²) in [6.07, 6.45) is 2.30. The van der Waals surface area contributed by atoms with Crippen LogP contribution < -0.4 is 4.74 Å². The zero-order valence-corrected chi connectivity index (χ0v) is 12.4. The molecule has 0 bridgehead atoms. The van der Waals surface area contributed by atoms with E-state index >= 15 is 0 Å². The Morgan fingerprint density at radius 1 is 1.14 bits per heavy atom. The Morgan fingerprint density at radius 2 is 1.90 bits per heavy atom. The molecule has 1 aliphatic carbocycles. The van der Waals surface area contributed by atoms with Gasteiger partial charge in [-0.2, -0.15) is 0 Å². The van der Waals surface area contributed by atoms with Crippen molar-refractivity contribution < 1.29 is 9.84 Å². The second-order valence-electron chi connectivity index (χ2n) is 6.01. The lowest BCUT2D eigenvalue weighted by molar-refractivity contribution is 0.129. The van der Waals surface area contributed by atoms with Crippen molar-refractivity contribution >= 4 is 11.6 Å². The molecule has 4 rings (SSSR count). The van der Waals surface area contributed by atoms with Crippen LogP contribution in [0, 0.1) is 0 Å². The highest BCUT2D eigenvalue weighted by atomic mass is 35.5. The molecule has 1 heterocycles. The van der Waals surface area contributed by atoms with Crippen LogP contribution in [0.3, 0.4) is 0 Å². The predicted octanol–water partition coefficient (Wildman–Crippen LogP) is 4.04. The molecule has 1 N–H and O–H groups in total. The summed E-state index contributed by atoms with van der Waals surface area (Å²) in [5, 5.41) is 11.7. The molecule has 0 amide bonds. The van der Waals surface area contributed by atoms with E-state index in [0.717, 1.165) is 36.1 Å². The van der Waals surface area contributed by atoms with Gasteiger partial charge >= 0.3 is 0 Å². The number of halogens is 1. The number of fused-ring (bicyclic) bond motifs is 1. The van der Waals surface area contributed by atoms with Crippen molar-refractivity contribution in [3.8, 4) is 5.75 Å². The number of aliphatic hydroxyl groups excluding tert-OH is 1. The van der Waals surface area contributed by atoms with Gasteiger partial charge in [0, 0.05) is 22.4 Å². The molecule has 2 aromatic carbocycles. The monoisotopic (exact) mass is 300 g/mol. The van der Waals surface area contributed by atoms with Gasteiger partial charge in [-0.3, -0.25) is 0 Å². The Bertz CT molecular complexity index is 677. The quantitative estimate of drug-likeness (QED) is 0.927. The van der Waals surface area contributed by atoms with Crippen LogP contribution in [0.2, 0.25) is 5.02 Å². The number of hydrogen-bond acceptors (Lipinski definition) is 2. The largest absolute Gasteiger partial charge is 0.493 e. The van der Waals surface area contributed by atoms with Gasteiger partial charge in [0.15, 0.2) is 0 Å². The SMILES string of the molecule is OC(c1cc(Cl)cc2c1OCC2)C1(c2ccccc2)CC1. The van der Waals surface area contributed by atoms with Crippen molar-refractivity contribution in [2.45, 2.75) is 30.8 Å². The van der Waals surface area contributed by atoms with Gasteiger partial charge in [-0.15, -0.1) is 0 Å². The van der Waals surface area contributed by atoms with E-state index in [4.69, 9.17) is 16.3 Å². The van der Waals surface area contributed by atoms with Gasteiger partial charge < -0.3 is 9.84 Å². The smallest absolute Gasteiger partial charge is 0.128 e. The fourth-order valence-corrected chi connectivity index (χ4v) is 3.67. The number of ether oxygens (including phenoxy) is 1. The minimum absolute atomic E-state index is 0.175. The fourth-order valence-electron chi connectivity index (χ4n) is 3.42. The third-order valence-corrected chi connectivity index (χ3v) is 4.95. The van der Waals surface area contributed by atoms with E-state index < -0.39 is 6.10 Å². The van der Waals surface area contributed by atoms with E-state index in [9.17, 15) is 5.11 Å². The van der Waals surface area contributed by atoms with Crippen molar-refractivity contribution in [1.29, 1.82) is 0 Å². The Hall–Kier alpha value is -1.51. The molecule has 0 radical (unpaired) electrons. The highest BCUT2D eigenvalue weighted by molar-refractivity contribution is 6.30. The first-order valence-corrected chi connectivity index (χ1v) is 7.77. The molecule has 0 saturated heterocycles. The van der Waals surface area contributed by atoms with Gasteiger partial charge in [0.25, 0.3) is 0 Å². The average molecular weight is 301 g/mol. The Kier molecular flexibility index (Phi) is 2.98. The maximum atomic E-state index is 11.0. The zero-order chi connectivity index (χ0) is 14.4. The molecule has 3 heteroatoms. The van der Waals surface area contributed by atoms with Crippen LogP contribution in [-0.2, 0) is 11.8 Å². The summed E-state index contributed by atoms with van der Waals surface area (Å²) in [5.41, 5.74) is 2.98. The number of aliphatic hydroxyl groups is 1. The minimum atomic E-state index is -0.564. The van der Waals surface area contributed by atoms with Crippen LogP contribution in [0.5, 0.6) is 5.75 Å².